The Morgan fingerprint density at radius 2 is 1.67 bits per heavy atom. The molecule has 0 saturated carbocycles. The summed E-state index contributed by atoms with van der Waals surface area (Å²) in [5.41, 5.74) is 3.60. The molecule has 4 aromatic rings. The zero-order valence-corrected chi connectivity index (χ0v) is 21.2. The number of halogens is 2. The van der Waals surface area contributed by atoms with Crippen molar-refractivity contribution in [3.8, 4) is 0 Å². The van der Waals surface area contributed by atoms with Crippen LogP contribution in [0.2, 0.25) is 10.0 Å². The molecule has 2 heterocycles. The van der Waals surface area contributed by atoms with Crippen LogP contribution in [0.4, 0.5) is 5.69 Å². The number of carbonyl (C=O) groups is 2. The molecule has 1 aliphatic heterocycles. The van der Waals surface area contributed by atoms with Gasteiger partial charge in [-0.3, -0.25) is 14.5 Å². The maximum atomic E-state index is 13.8. The Labute approximate surface area is 217 Å². The van der Waals surface area contributed by atoms with Crippen LogP contribution >= 0.6 is 23.2 Å². The standard InChI is InChI=1S/C28H21Cl2NO5/c1-4-35-28(34)16-5-8-18(9-6-16)31-24(17-7-10-20(29)21(30)13-17)23-25(32)19-11-14(2)15(3)12-22(19)36-26(23)27(31)33/h5-13,24H,4H2,1-3H3. The van der Waals surface area contributed by atoms with Crippen molar-refractivity contribution in [3.05, 3.63) is 108 Å². The van der Waals surface area contributed by atoms with Crippen LogP contribution in [0, 0.1) is 13.8 Å². The number of hydrogen-bond donors (Lipinski definition) is 0. The Bertz CT molecular complexity index is 1610. The lowest BCUT2D eigenvalue weighted by molar-refractivity contribution is 0.0526. The third kappa shape index (κ3) is 3.87. The van der Waals surface area contributed by atoms with E-state index in [4.69, 9.17) is 32.4 Å². The van der Waals surface area contributed by atoms with Crippen molar-refractivity contribution in [2.24, 2.45) is 0 Å². The first-order chi connectivity index (χ1) is 17.2. The number of rotatable bonds is 4. The van der Waals surface area contributed by atoms with E-state index in [1.165, 1.54) is 4.90 Å². The molecule has 0 N–H and O–H groups in total. The van der Waals surface area contributed by atoms with Gasteiger partial charge in [0.05, 0.1) is 39.2 Å². The van der Waals surface area contributed by atoms with Crippen molar-refractivity contribution < 1.29 is 18.7 Å². The SMILES string of the molecule is CCOC(=O)c1ccc(N2C(=O)c3oc4cc(C)c(C)cc4c(=O)c3C2c2ccc(Cl)c(Cl)c2)cc1. The number of amides is 1. The molecule has 8 heteroatoms. The lowest BCUT2D eigenvalue weighted by Gasteiger charge is -2.25. The molecule has 0 aliphatic carbocycles. The summed E-state index contributed by atoms with van der Waals surface area (Å²) in [5.74, 6) is -0.960. The first-order valence-electron chi connectivity index (χ1n) is 11.3. The summed E-state index contributed by atoms with van der Waals surface area (Å²) in [7, 11) is 0. The van der Waals surface area contributed by atoms with Gasteiger partial charge in [-0.15, -0.1) is 0 Å². The molecule has 0 bridgehead atoms. The summed E-state index contributed by atoms with van der Waals surface area (Å²) >= 11 is 12.5. The quantitative estimate of drug-likeness (QED) is 0.281. The number of esters is 1. The van der Waals surface area contributed by atoms with Crippen molar-refractivity contribution in [3.63, 3.8) is 0 Å². The Kier molecular flexibility index (Phi) is 6.10. The van der Waals surface area contributed by atoms with Crippen molar-refractivity contribution in [1.29, 1.82) is 0 Å². The molecule has 1 aromatic heterocycles. The number of benzene rings is 3. The van der Waals surface area contributed by atoms with Crippen LogP contribution in [0.1, 0.15) is 56.1 Å². The zero-order chi connectivity index (χ0) is 25.7. The van der Waals surface area contributed by atoms with Crippen molar-refractivity contribution in [1.82, 2.24) is 0 Å². The monoisotopic (exact) mass is 521 g/mol. The molecule has 1 atom stereocenters. The van der Waals surface area contributed by atoms with Gasteiger partial charge in [-0.1, -0.05) is 29.3 Å². The van der Waals surface area contributed by atoms with Gasteiger partial charge < -0.3 is 9.15 Å². The Balaban J connectivity index is 1.73. The molecule has 0 spiro atoms. The van der Waals surface area contributed by atoms with E-state index in [9.17, 15) is 14.4 Å². The van der Waals surface area contributed by atoms with Crippen LogP contribution in [-0.2, 0) is 4.74 Å². The number of nitrogens with zero attached hydrogens (tertiary/aromatic N) is 1. The van der Waals surface area contributed by atoms with Crippen LogP contribution in [0.5, 0.6) is 0 Å². The molecule has 36 heavy (non-hydrogen) atoms. The molecular formula is C28H21Cl2NO5. The van der Waals surface area contributed by atoms with Crippen molar-refractivity contribution >= 4 is 51.7 Å². The predicted molar refractivity (Wildman–Crippen MR) is 139 cm³/mol. The molecule has 5 rings (SSSR count). The van der Waals surface area contributed by atoms with E-state index in [0.717, 1.165) is 11.1 Å². The highest BCUT2D eigenvalue weighted by molar-refractivity contribution is 6.42. The van der Waals surface area contributed by atoms with Gasteiger partial charge in [0.25, 0.3) is 5.91 Å². The summed E-state index contributed by atoms with van der Waals surface area (Å²) in [4.78, 5) is 41.1. The molecule has 6 nitrogen and oxygen atoms in total. The molecule has 182 valence electrons. The van der Waals surface area contributed by atoms with Crippen LogP contribution in [0.15, 0.2) is 63.8 Å². The van der Waals surface area contributed by atoms with Crippen LogP contribution in [0.3, 0.4) is 0 Å². The van der Waals surface area contributed by atoms with Gasteiger partial charge in [0.15, 0.2) is 5.43 Å². The van der Waals surface area contributed by atoms with Crippen LogP contribution < -0.4 is 10.3 Å². The number of hydrogen-bond acceptors (Lipinski definition) is 5. The topological polar surface area (TPSA) is 76.8 Å². The second kappa shape index (κ2) is 9.12. The smallest absolute Gasteiger partial charge is 0.338 e. The molecule has 3 aromatic carbocycles. The molecule has 1 unspecified atom stereocenters. The highest BCUT2D eigenvalue weighted by Crippen LogP contribution is 2.42. The van der Waals surface area contributed by atoms with Crippen molar-refractivity contribution in [2.75, 3.05) is 11.5 Å². The summed E-state index contributed by atoms with van der Waals surface area (Å²) in [5, 5.41) is 1.05. The summed E-state index contributed by atoms with van der Waals surface area (Å²) in [6, 6.07) is 14.2. The van der Waals surface area contributed by atoms with Gasteiger partial charge in [-0.2, -0.15) is 0 Å². The second-order valence-corrected chi connectivity index (χ2v) is 9.44. The molecule has 0 saturated heterocycles. The normalized spacial score (nSPS) is 14.9. The third-order valence-electron chi connectivity index (χ3n) is 6.40. The van der Waals surface area contributed by atoms with Gasteiger partial charge >= 0.3 is 5.97 Å². The third-order valence-corrected chi connectivity index (χ3v) is 7.14. The largest absolute Gasteiger partial charge is 0.462 e. The predicted octanol–water partition coefficient (Wildman–Crippen LogP) is 6.64. The first kappa shape index (κ1) is 24.1. The van der Waals surface area contributed by atoms with Gasteiger partial charge in [-0.05, 0) is 86.0 Å². The molecule has 1 aliphatic rings. The van der Waals surface area contributed by atoms with Gasteiger partial charge in [0.2, 0.25) is 5.76 Å². The molecular weight excluding hydrogens is 501 g/mol. The number of aryl methyl sites for hydroxylation is 2. The minimum absolute atomic E-state index is 0.0266. The molecule has 0 radical (unpaired) electrons. The Morgan fingerprint density at radius 3 is 2.33 bits per heavy atom. The average molecular weight is 522 g/mol. The lowest BCUT2D eigenvalue weighted by atomic mass is 9.97. The number of ether oxygens (including phenoxy) is 1. The van der Waals surface area contributed by atoms with E-state index in [2.05, 4.69) is 0 Å². The maximum absolute atomic E-state index is 13.8. The number of anilines is 1. The van der Waals surface area contributed by atoms with E-state index in [1.54, 1.807) is 61.5 Å². The second-order valence-electron chi connectivity index (χ2n) is 8.63. The summed E-state index contributed by atoms with van der Waals surface area (Å²) < 4.78 is 11.1. The fraction of sp³-hybridized carbons (Fsp3) is 0.179. The van der Waals surface area contributed by atoms with E-state index in [-0.39, 0.29) is 23.4 Å². The minimum atomic E-state index is -0.807. The number of fused-ring (bicyclic) bond motifs is 2. The minimum Gasteiger partial charge on any atom is -0.462 e. The van der Waals surface area contributed by atoms with E-state index < -0.39 is 17.9 Å². The van der Waals surface area contributed by atoms with Gasteiger partial charge in [-0.25, -0.2) is 4.79 Å². The highest BCUT2D eigenvalue weighted by Gasteiger charge is 2.44. The molecule has 1 amide bonds. The van der Waals surface area contributed by atoms with Crippen LogP contribution in [-0.4, -0.2) is 18.5 Å². The molecule has 0 fully saturated rings. The van der Waals surface area contributed by atoms with Gasteiger partial charge in [0, 0.05) is 5.69 Å². The average Bonchev–Trinajstić information content (AvgIpc) is 3.15. The lowest BCUT2D eigenvalue weighted by Crippen LogP contribution is -2.29. The van der Waals surface area contributed by atoms with Crippen LogP contribution in [0.25, 0.3) is 11.0 Å². The van der Waals surface area contributed by atoms with E-state index in [0.29, 0.717) is 37.8 Å². The fourth-order valence-corrected chi connectivity index (χ4v) is 4.77. The first-order valence-corrected chi connectivity index (χ1v) is 12.1. The van der Waals surface area contributed by atoms with Gasteiger partial charge in [0.1, 0.15) is 5.58 Å². The number of carbonyl (C=O) groups excluding carboxylic acids is 2. The Hall–Kier alpha value is -3.61. The fourth-order valence-electron chi connectivity index (χ4n) is 4.46. The highest BCUT2D eigenvalue weighted by atomic mass is 35.5. The summed E-state index contributed by atoms with van der Waals surface area (Å²) in [6.07, 6.45) is 0. The summed E-state index contributed by atoms with van der Waals surface area (Å²) in [6.45, 7) is 5.81. The zero-order valence-electron chi connectivity index (χ0n) is 19.7. The van der Waals surface area contributed by atoms with E-state index >= 15 is 0 Å². The van der Waals surface area contributed by atoms with Crippen molar-refractivity contribution in [2.45, 2.75) is 26.8 Å². The van der Waals surface area contributed by atoms with E-state index in [1.807, 2.05) is 13.8 Å². The maximum Gasteiger partial charge on any atom is 0.338 e. The Morgan fingerprint density at radius 1 is 0.972 bits per heavy atom.